The summed E-state index contributed by atoms with van der Waals surface area (Å²) in [5, 5.41) is 7.75. The molecule has 0 amide bonds. The maximum Gasteiger partial charge on any atom is 0.322 e. The number of carboxylic acids is 1. The minimum atomic E-state index is -4.16. The third-order valence-corrected chi connectivity index (χ3v) is 5.72. The van der Waals surface area contributed by atoms with E-state index in [4.69, 9.17) is 5.11 Å². The van der Waals surface area contributed by atoms with Crippen molar-refractivity contribution in [3.05, 3.63) is 0 Å². The molecule has 2 atom stereocenters. The van der Waals surface area contributed by atoms with Crippen LogP contribution in [-0.4, -0.2) is 45.3 Å². The van der Waals surface area contributed by atoms with Crippen LogP contribution in [0, 0.1) is 5.92 Å². The van der Waals surface area contributed by atoms with Crippen LogP contribution in [0.1, 0.15) is 20.3 Å². The molecule has 0 spiro atoms. The first-order valence-electron chi connectivity index (χ1n) is 4.89. The third kappa shape index (κ3) is 6.59. The lowest BCUT2D eigenvalue weighted by molar-refractivity contribution is -0.140. The van der Waals surface area contributed by atoms with Crippen molar-refractivity contribution in [2.75, 3.05) is 11.3 Å². The van der Waals surface area contributed by atoms with Gasteiger partial charge in [-0.2, -0.15) is 4.72 Å². The van der Waals surface area contributed by atoms with E-state index in [-0.39, 0.29) is 0 Å². The zero-order chi connectivity index (χ0) is 13.9. The van der Waals surface area contributed by atoms with Gasteiger partial charge in [0.1, 0.15) is 6.04 Å². The second kappa shape index (κ2) is 5.78. The molecule has 0 aromatic heterocycles. The van der Waals surface area contributed by atoms with Gasteiger partial charge in [-0.05, 0) is 5.92 Å². The quantitative estimate of drug-likeness (QED) is 0.646. The highest BCUT2D eigenvalue weighted by Gasteiger charge is 2.30. The van der Waals surface area contributed by atoms with Crippen LogP contribution in [0.2, 0.25) is 0 Å². The standard InChI is InChI=1S/C8H17NO6S2/c1-4-6(2)7(8(10)11)9-17(14,15)5-16(3,12)13/h6-7,9H,4-5H2,1-3H3,(H,10,11)/t6-,7-/m0/s1. The summed E-state index contributed by atoms with van der Waals surface area (Å²) >= 11 is 0. The van der Waals surface area contributed by atoms with Crippen molar-refractivity contribution < 1.29 is 26.7 Å². The summed E-state index contributed by atoms with van der Waals surface area (Å²) in [5.41, 5.74) is 0. The Hall–Kier alpha value is -0.670. The maximum atomic E-state index is 11.4. The van der Waals surface area contributed by atoms with E-state index >= 15 is 0 Å². The first-order valence-corrected chi connectivity index (χ1v) is 8.60. The number of hydrogen-bond donors (Lipinski definition) is 2. The average Bonchev–Trinajstić information content (AvgIpc) is 2.08. The summed E-state index contributed by atoms with van der Waals surface area (Å²) in [6.45, 7) is 3.28. The van der Waals surface area contributed by atoms with Gasteiger partial charge in [-0.15, -0.1) is 0 Å². The van der Waals surface area contributed by atoms with Crippen molar-refractivity contribution in [3.63, 3.8) is 0 Å². The van der Waals surface area contributed by atoms with Crippen LogP contribution in [0.25, 0.3) is 0 Å². The second-order valence-electron chi connectivity index (χ2n) is 3.98. The summed E-state index contributed by atoms with van der Waals surface area (Å²) < 4.78 is 46.5. The second-order valence-corrected chi connectivity index (χ2v) is 8.24. The van der Waals surface area contributed by atoms with Crippen molar-refractivity contribution in [2.45, 2.75) is 26.3 Å². The molecule has 0 rings (SSSR count). The van der Waals surface area contributed by atoms with Crippen LogP contribution < -0.4 is 4.72 Å². The Morgan fingerprint density at radius 3 is 2.06 bits per heavy atom. The molecule has 0 radical (unpaired) electrons. The lowest BCUT2D eigenvalue weighted by atomic mass is 10.0. The number of aliphatic carboxylic acids is 1. The first kappa shape index (κ1) is 16.3. The van der Waals surface area contributed by atoms with Crippen molar-refractivity contribution in [1.29, 1.82) is 0 Å². The lowest BCUT2D eigenvalue weighted by Gasteiger charge is -2.19. The minimum Gasteiger partial charge on any atom is -0.480 e. The van der Waals surface area contributed by atoms with E-state index in [0.717, 1.165) is 6.26 Å². The van der Waals surface area contributed by atoms with Gasteiger partial charge in [0.15, 0.2) is 14.9 Å². The zero-order valence-electron chi connectivity index (χ0n) is 9.87. The third-order valence-electron chi connectivity index (χ3n) is 2.15. The molecule has 7 nitrogen and oxygen atoms in total. The summed E-state index contributed by atoms with van der Waals surface area (Å²) in [6, 6.07) is -1.31. The largest absolute Gasteiger partial charge is 0.480 e. The first-order chi connectivity index (χ1) is 7.48. The van der Waals surface area contributed by atoms with Crippen LogP contribution in [0.4, 0.5) is 0 Å². The van der Waals surface area contributed by atoms with Crippen LogP contribution >= 0.6 is 0 Å². The Morgan fingerprint density at radius 1 is 1.29 bits per heavy atom. The minimum absolute atomic E-state index is 0.429. The molecule has 2 N–H and O–H groups in total. The normalized spacial score (nSPS) is 16.4. The van der Waals surface area contributed by atoms with E-state index in [1.165, 1.54) is 0 Å². The van der Waals surface area contributed by atoms with Gasteiger partial charge in [-0.25, -0.2) is 16.8 Å². The molecule has 0 aliphatic carbocycles. The summed E-state index contributed by atoms with van der Waals surface area (Å²) in [4.78, 5) is 10.9. The molecule has 0 fully saturated rings. The summed E-state index contributed by atoms with van der Waals surface area (Å²) in [6.07, 6.45) is 1.23. The maximum absolute atomic E-state index is 11.4. The number of nitrogens with one attached hydrogen (secondary N) is 1. The lowest BCUT2D eigenvalue weighted by Crippen LogP contribution is -2.46. The van der Waals surface area contributed by atoms with Crippen LogP contribution in [0.15, 0.2) is 0 Å². The van der Waals surface area contributed by atoms with Crippen LogP contribution in [0.3, 0.4) is 0 Å². The zero-order valence-corrected chi connectivity index (χ0v) is 11.5. The van der Waals surface area contributed by atoms with Gasteiger partial charge in [0.25, 0.3) is 0 Å². The fourth-order valence-electron chi connectivity index (χ4n) is 1.15. The van der Waals surface area contributed by atoms with Crippen molar-refractivity contribution >= 4 is 25.8 Å². The van der Waals surface area contributed by atoms with E-state index < -0.39 is 42.9 Å². The Kier molecular flexibility index (Phi) is 5.56. The van der Waals surface area contributed by atoms with Crippen molar-refractivity contribution in [1.82, 2.24) is 4.72 Å². The Morgan fingerprint density at radius 2 is 1.76 bits per heavy atom. The van der Waals surface area contributed by atoms with E-state index in [9.17, 15) is 21.6 Å². The topological polar surface area (TPSA) is 118 Å². The molecule has 17 heavy (non-hydrogen) atoms. The highest BCUT2D eigenvalue weighted by Crippen LogP contribution is 2.09. The number of carbonyl (C=O) groups is 1. The number of sulfonamides is 1. The summed E-state index contributed by atoms with van der Waals surface area (Å²) in [7, 11) is -7.89. The molecular formula is C8H17NO6S2. The van der Waals surface area contributed by atoms with Gasteiger partial charge in [0.05, 0.1) is 0 Å². The molecular weight excluding hydrogens is 270 g/mol. The number of sulfone groups is 1. The summed E-state index contributed by atoms with van der Waals surface area (Å²) in [5.74, 6) is -1.75. The van der Waals surface area contributed by atoms with Gasteiger partial charge < -0.3 is 5.11 Å². The van der Waals surface area contributed by atoms with Gasteiger partial charge in [0, 0.05) is 6.26 Å². The molecule has 102 valence electrons. The molecule has 0 saturated carbocycles. The predicted molar refractivity (Wildman–Crippen MR) is 62.6 cm³/mol. The molecule has 0 aromatic rings. The number of carboxylic acid groups (broad SMARTS) is 1. The van der Waals surface area contributed by atoms with E-state index in [1.807, 2.05) is 4.72 Å². The molecule has 9 heteroatoms. The number of rotatable bonds is 7. The molecule has 0 bridgehead atoms. The Balaban J connectivity index is 4.95. The fraction of sp³-hybridized carbons (Fsp3) is 0.875. The van der Waals surface area contributed by atoms with Gasteiger partial charge in [0.2, 0.25) is 10.0 Å². The van der Waals surface area contributed by atoms with Crippen molar-refractivity contribution in [3.8, 4) is 0 Å². The van der Waals surface area contributed by atoms with Crippen LogP contribution in [-0.2, 0) is 24.7 Å². The van der Waals surface area contributed by atoms with Crippen molar-refractivity contribution in [2.24, 2.45) is 5.92 Å². The van der Waals surface area contributed by atoms with Crippen LogP contribution in [0.5, 0.6) is 0 Å². The Bertz CT molecular complexity index is 466. The average molecular weight is 287 g/mol. The molecule has 0 aliphatic rings. The van der Waals surface area contributed by atoms with Gasteiger partial charge in [-0.1, -0.05) is 20.3 Å². The molecule has 0 aliphatic heterocycles. The smallest absolute Gasteiger partial charge is 0.322 e. The number of hydrogen-bond acceptors (Lipinski definition) is 5. The van der Waals surface area contributed by atoms with E-state index in [1.54, 1.807) is 13.8 Å². The highest BCUT2D eigenvalue weighted by molar-refractivity contribution is 8.06. The van der Waals surface area contributed by atoms with E-state index in [0.29, 0.717) is 6.42 Å². The van der Waals surface area contributed by atoms with E-state index in [2.05, 4.69) is 0 Å². The molecule has 0 saturated heterocycles. The molecule has 0 aromatic carbocycles. The van der Waals surface area contributed by atoms with Gasteiger partial charge >= 0.3 is 5.97 Å². The SMILES string of the molecule is CC[C@H](C)[C@H](NS(=O)(=O)CS(C)(=O)=O)C(=O)O. The predicted octanol–water partition coefficient (Wildman–Crippen LogP) is -0.593. The monoisotopic (exact) mass is 287 g/mol. The fourth-order valence-corrected chi connectivity index (χ4v) is 4.40. The Labute approximate surface area is 101 Å². The molecule has 0 heterocycles. The molecule has 0 unspecified atom stereocenters. The highest BCUT2D eigenvalue weighted by atomic mass is 32.3. The van der Waals surface area contributed by atoms with Gasteiger partial charge in [-0.3, -0.25) is 4.79 Å².